The zero-order valence-corrected chi connectivity index (χ0v) is 9.98. The van der Waals surface area contributed by atoms with Gasteiger partial charge in [-0.2, -0.15) is 0 Å². The van der Waals surface area contributed by atoms with Crippen molar-refractivity contribution in [2.24, 2.45) is 5.92 Å². The van der Waals surface area contributed by atoms with Gasteiger partial charge in [-0.3, -0.25) is 9.59 Å². The smallest absolute Gasteiger partial charge is 0.231 e. The highest BCUT2D eigenvalue weighted by atomic mass is 16.7. The zero-order valence-electron chi connectivity index (χ0n) is 9.98. The summed E-state index contributed by atoms with van der Waals surface area (Å²) < 4.78 is 10.5. The van der Waals surface area contributed by atoms with E-state index in [1.807, 2.05) is 0 Å². The molecule has 18 heavy (non-hydrogen) atoms. The molecule has 0 spiro atoms. The van der Waals surface area contributed by atoms with Crippen LogP contribution in [0.1, 0.15) is 36.0 Å². The minimum atomic E-state index is -0.161. The Labute approximate surface area is 105 Å². The summed E-state index contributed by atoms with van der Waals surface area (Å²) in [6.07, 6.45) is 2.62. The first kappa shape index (κ1) is 11.3. The second-order valence-electron chi connectivity index (χ2n) is 4.76. The molecule has 1 aromatic carbocycles. The number of ether oxygens (including phenoxy) is 2. The van der Waals surface area contributed by atoms with E-state index < -0.39 is 0 Å². The maximum atomic E-state index is 12.3. The average molecular weight is 246 g/mol. The minimum absolute atomic E-state index is 0.0429. The van der Waals surface area contributed by atoms with E-state index in [9.17, 15) is 9.59 Å². The quantitative estimate of drug-likeness (QED) is 0.752. The number of fused-ring (bicyclic) bond motifs is 1. The molecule has 4 nitrogen and oxygen atoms in total. The fraction of sp³-hybridized carbons (Fsp3) is 0.429. The maximum absolute atomic E-state index is 12.3. The Bertz CT molecular complexity index is 507. The highest BCUT2D eigenvalue weighted by Crippen LogP contribution is 2.34. The third-order valence-corrected chi connectivity index (χ3v) is 3.51. The summed E-state index contributed by atoms with van der Waals surface area (Å²) in [5, 5.41) is 0. The molecule has 4 heteroatoms. The molecular weight excluding hydrogens is 232 g/mol. The van der Waals surface area contributed by atoms with Crippen LogP contribution in [0.4, 0.5) is 0 Å². The van der Waals surface area contributed by atoms with Crippen LogP contribution < -0.4 is 9.47 Å². The second-order valence-corrected chi connectivity index (χ2v) is 4.76. The number of carbonyl (C=O) groups is 2. The van der Waals surface area contributed by atoms with Crippen molar-refractivity contribution in [3.63, 3.8) is 0 Å². The summed E-state index contributed by atoms with van der Waals surface area (Å²) in [7, 11) is 0. The van der Waals surface area contributed by atoms with Crippen molar-refractivity contribution in [1.29, 1.82) is 0 Å². The van der Waals surface area contributed by atoms with E-state index in [1.54, 1.807) is 18.2 Å². The van der Waals surface area contributed by atoms with Crippen LogP contribution in [0.25, 0.3) is 0 Å². The molecule has 1 atom stereocenters. The normalized spacial score (nSPS) is 22.0. The first-order valence-corrected chi connectivity index (χ1v) is 6.19. The number of hydrogen-bond acceptors (Lipinski definition) is 4. The number of Topliss-reactive ketones (excluding diaryl/α,β-unsaturated/α-hetero) is 2. The van der Waals surface area contributed by atoms with Crippen molar-refractivity contribution < 1.29 is 19.1 Å². The topological polar surface area (TPSA) is 52.6 Å². The van der Waals surface area contributed by atoms with E-state index in [0.717, 1.165) is 12.8 Å². The first-order valence-electron chi connectivity index (χ1n) is 6.19. The van der Waals surface area contributed by atoms with E-state index in [-0.39, 0.29) is 24.3 Å². The van der Waals surface area contributed by atoms with Crippen LogP contribution in [0.5, 0.6) is 11.5 Å². The van der Waals surface area contributed by atoms with Crippen LogP contribution in [-0.2, 0) is 4.79 Å². The Kier molecular flexibility index (Phi) is 2.78. The number of rotatable bonds is 2. The van der Waals surface area contributed by atoms with E-state index in [0.29, 0.717) is 29.9 Å². The van der Waals surface area contributed by atoms with E-state index in [2.05, 4.69) is 0 Å². The number of hydrogen-bond donors (Lipinski definition) is 0. The highest BCUT2D eigenvalue weighted by Gasteiger charge is 2.27. The highest BCUT2D eigenvalue weighted by molar-refractivity contribution is 6.01. The lowest BCUT2D eigenvalue weighted by molar-refractivity contribution is -0.121. The summed E-state index contributed by atoms with van der Waals surface area (Å²) in [6, 6.07) is 5.21. The van der Waals surface area contributed by atoms with Gasteiger partial charge in [0.25, 0.3) is 0 Å². The Morgan fingerprint density at radius 1 is 1.22 bits per heavy atom. The Balaban J connectivity index is 1.81. The van der Waals surface area contributed by atoms with E-state index in [4.69, 9.17) is 9.47 Å². The van der Waals surface area contributed by atoms with Crippen molar-refractivity contribution in [1.82, 2.24) is 0 Å². The molecule has 0 N–H and O–H groups in total. The summed E-state index contributed by atoms with van der Waals surface area (Å²) in [6.45, 7) is 0.203. The molecule has 0 aromatic heterocycles. The van der Waals surface area contributed by atoms with Crippen molar-refractivity contribution in [2.75, 3.05) is 6.79 Å². The summed E-state index contributed by atoms with van der Waals surface area (Å²) >= 11 is 0. The van der Waals surface area contributed by atoms with Gasteiger partial charge in [-0.15, -0.1) is 0 Å². The molecule has 1 aromatic rings. The second kappa shape index (κ2) is 4.44. The standard InChI is InChI=1S/C14H14O4/c15-11-3-1-2-9(6-11)14(16)10-4-5-12-13(7-10)18-8-17-12/h4-5,7,9H,1-3,6,8H2. The molecule has 0 saturated heterocycles. The van der Waals surface area contributed by atoms with Crippen molar-refractivity contribution in [3.8, 4) is 11.5 Å². The monoisotopic (exact) mass is 246 g/mol. The summed E-state index contributed by atoms with van der Waals surface area (Å²) in [5.74, 6) is 1.36. The van der Waals surface area contributed by atoms with Gasteiger partial charge < -0.3 is 9.47 Å². The predicted molar refractivity (Wildman–Crippen MR) is 63.9 cm³/mol. The molecule has 1 aliphatic carbocycles. The molecule has 1 saturated carbocycles. The van der Waals surface area contributed by atoms with Crippen molar-refractivity contribution >= 4 is 11.6 Å². The molecule has 1 unspecified atom stereocenters. The SMILES string of the molecule is O=C1CCCC(C(=O)c2ccc3c(c2)OCO3)C1. The fourth-order valence-corrected chi connectivity index (χ4v) is 2.53. The lowest BCUT2D eigenvalue weighted by Crippen LogP contribution is -2.22. The molecule has 2 aliphatic rings. The number of benzene rings is 1. The van der Waals surface area contributed by atoms with Gasteiger partial charge >= 0.3 is 0 Å². The molecule has 1 fully saturated rings. The molecule has 3 rings (SSSR count). The maximum Gasteiger partial charge on any atom is 0.231 e. The minimum Gasteiger partial charge on any atom is -0.454 e. The van der Waals surface area contributed by atoms with Gasteiger partial charge in [0, 0.05) is 24.3 Å². The van der Waals surface area contributed by atoms with Crippen LogP contribution in [0.15, 0.2) is 18.2 Å². The summed E-state index contributed by atoms with van der Waals surface area (Å²) in [5.41, 5.74) is 0.610. The average Bonchev–Trinajstić information content (AvgIpc) is 2.85. The van der Waals surface area contributed by atoms with Crippen LogP contribution in [0.2, 0.25) is 0 Å². The van der Waals surface area contributed by atoms with Gasteiger partial charge in [0.2, 0.25) is 6.79 Å². The lowest BCUT2D eigenvalue weighted by atomic mass is 9.83. The van der Waals surface area contributed by atoms with Crippen molar-refractivity contribution in [2.45, 2.75) is 25.7 Å². The third-order valence-electron chi connectivity index (χ3n) is 3.51. The molecule has 94 valence electrons. The van der Waals surface area contributed by atoms with Gasteiger partial charge in [0.05, 0.1) is 0 Å². The number of ketones is 2. The molecule has 0 radical (unpaired) electrons. The third kappa shape index (κ3) is 1.98. The van der Waals surface area contributed by atoms with Gasteiger partial charge in [-0.05, 0) is 31.0 Å². The van der Waals surface area contributed by atoms with Gasteiger partial charge in [-0.1, -0.05) is 0 Å². The van der Waals surface area contributed by atoms with Gasteiger partial charge in [-0.25, -0.2) is 0 Å². The molecule has 1 aliphatic heterocycles. The van der Waals surface area contributed by atoms with E-state index >= 15 is 0 Å². The number of carbonyl (C=O) groups excluding carboxylic acids is 2. The van der Waals surface area contributed by atoms with E-state index in [1.165, 1.54) is 0 Å². The molecular formula is C14H14O4. The van der Waals surface area contributed by atoms with Gasteiger partial charge in [0.1, 0.15) is 5.78 Å². The Morgan fingerprint density at radius 2 is 2.06 bits per heavy atom. The lowest BCUT2D eigenvalue weighted by Gasteiger charge is -2.19. The zero-order chi connectivity index (χ0) is 12.5. The van der Waals surface area contributed by atoms with Crippen molar-refractivity contribution in [3.05, 3.63) is 23.8 Å². The Hall–Kier alpha value is -1.84. The van der Waals surface area contributed by atoms with Gasteiger partial charge in [0.15, 0.2) is 17.3 Å². The predicted octanol–water partition coefficient (Wildman–Crippen LogP) is 2.36. The fourth-order valence-electron chi connectivity index (χ4n) is 2.53. The summed E-state index contributed by atoms with van der Waals surface area (Å²) in [4.78, 5) is 23.7. The molecule has 0 bridgehead atoms. The largest absolute Gasteiger partial charge is 0.454 e. The molecule has 1 heterocycles. The van der Waals surface area contributed by atoms with Crippen LogP contribution in [0, 0.1) is 5.92 Å². The molecule has 0 amide bonds. The Morgan fingerprint density at radius 3 is 2.89 bits per heavy atom. The van der Waals surface area contributed by atoms with Crippen LogP contribution in [-0.4, -0.2) is 18.4 Å². The first-order chi connectivity index (χ1) is 8.74. The van der Waals surface area contributed by atoms with Crippen LogP contribution >= 0.6 is 0 Å². The van der Waals surface area contributed by atoms with Crippen LogP contribution in [0.3, 0.4) is 0 Å².